The van der Waals surface area contributed by atoms with Crippen molar-refractivity contribution in [1.82, 2.24) is 14.6 Å². The Kier molecular flexibility index (Phi) is 6.85. The van der Waals surface area contributed by atoms with Crippen LogP contribution in [0.4, 0.5) is 5.82 Å². The lowest BCUT2D eigenvalue weighted by atomic mass is 9.92. The fourth-order valence-corrected chi connectivity index (χ4v) is 4.49. The maximum absolute atomic E-state index is 12.7. The number of fused-ring (bicyclic) bond motifs is 1. The zero-order valence-electron chi connectivity index (χ0n) is 20.0. The van der Waals surface area contributed by atoms with Gasteiger partial charge in [-0.3, -0.25) is 9.59 Å². The summed E-state index contributed by atoms with van der Waals surface area (Å²) in [6.07, 6.45) is -3.02. The zero-order valence-corrected chi connectivity index (χ0v) is 20.0. The number of nitrogens with zero attached hydrogens (tertiary/aromatic N) is 4. The minimum absolute atomic E-state index is 0.0620. The number of nitrogens with one attached hydrogen (secondary N) is 1. The van der Waals surface area contributed by atoms with Gasteiger partial charge in [0.25, 0.3) is 5.91 Å². The van der Waals surface area contributed by atoms with Crippen LogP contribution in [0.5, 0.6) is 0 Å². The zero-order chi connectivity index (χ0) is 26.7. The second-order valence-electron chi connectivity index (χ2n) is 8.69. The van der Waals surface area contributed by atoms with E-state index in [1.165, 1.54) is 16.9 Å². The molecule has 3 heterocycles. The van der Waals surface area contributed by atoms with Crippen molar-refractivity contribution in [2.75, 3.05) is 11.9 Å². The summed E-state index contributed by atoms with van der Waals surface area (Å²) < 4.78 is 12.7. The number of nitriles is 1. The van der Waals surface area contributed by atoms with Crippen LogP contribution in [0.3, 0.4) is 0 Å². The Balaban J connectivity index is 1.44. The van der Waals surface area contributed by atoms with Crippen LogP contribution in [-0.2, 0) is 26.3 Å². The number of hydrogen-bond acceptors (Lipinski definition) is 9. The van der Waals surface area contributed by atoms with Gasteiger partial charge in [0.05, 0.1) is 18.7 Å². The summed E-state index contributed by atoms with van der Waals surface area (Å²) in [4.78, 5) is 29.4. The maximum Gasteiger partial charge on any atom is 0.310 e. The lowest BCUT2D eigenvalue weighted by Crippen LogP contribution is -2.43. The number of ether oxygens (including phenoxy) is 2. The lowest BCUT2D eigenvalue weighted by molar-refractivity contribution is -0.155. The van der Waals surface area contributed by atoms with Crippen molar-refractivity contribution in [1.29, 1.82) is 5.26 Å². The van der Waals surface area contributed by atoms with Crippen molar-refractivity contribution in [2.24, 2.45) is 0 Å². The molecule has 11 heteroatoms. The first-order valence-electron chi connectivity index (χ1n) is 11.8. The van der Waals surface area contributed by atoms with E-state index in [1.807, 2.05) is 12.1 Å². The molecule has 1 aliphatic rings. The lowest BCUT2D eigenvalue weighted by Gasteiger charge is -2.24. The van der Waals surface area contributed by atoms with Crippen molar-refractivity contribution in [3.63, 3.8) is 0 Å². The molecule has 1 amide bonds. The maximum atomic E-state index is 12.7. The van der Waals surface area contributed by atoms with Crippen LogP contribution in [0.1, 0.15) is 21.6 Å². The van der Waals surface area contributed by atoms with Crippen LogP contribution in [0.15, 0.2) is 79.1 Å². The van der Waals surface area contributed by atoms with Crippen LogP contribution in [0.25, 0.3) is 5.52 Å². The number of hydrogen-bond donors (Lipinski definition) is 3. The normalized spacial score (nSPS) is 22.6. The third-order valence-corrected chi connectivity index (χ3v) is 6.34. The first-order valence-corrected chi connectivity index (χ1v) is 11.8. The third-order valence-electron chi connectivity index (χ3n) is 6.34. The highest BCUT2D eigenvalue weighted by atomic mass is 16.6. The van der Waals surface area contributed by atoms with E-state index in [9.17, 15) is 25.1 Å². The molecule has 1 aliphatic heterocycles. The number of carbonyl (C=O) groups is 2. The van der Waals surface area contributed by atoms with Gasteiger partial charge in [-0.1, -0.05) is 48.5 Å². The van der Waals surface area contributed by atoms with Gasteiger partial charge in [0.2, 0.25) is 5.60 Å². The Labute approximate surface area is 216 Å². The molecule has 38 heavy (non-hydrogen) atoms. The number of aromatic nitrogens is 3. The second-order valence-corrected chi connectivity index (χ2v) is 8.69. The SMILES string of the molecule is N#C[C@@]1(c2ccc3c(NC(=O)c4ccccc4)ncnn23)O[C@H](CO)[C@@H](OC(=O)Cc2ccccc2)[C@H]1O. The molecule has 11 nitrogen and oxygen atoms in total. The van der Waals surface area contributed by atoms with Gasteiger partial charge in [-0.05, 0) is 29.8 Å². The number of anilines is 1. The molecule has 0 bridgehead atoms. The molecule has 1 fully saturated rings. The second kappa shape index (κ2) is 10.4. The summed E-state index contributed by atoms with van der Waals surface area (Å²) in [6.45, 7) is -0.611. The van der Waals surface area contributed by atoms with E-state index >= 15 is 0 Å². The van der Waals surface area contributed by atoms with Gasteiger partial charge in [-0.2, -0.15) is 10.4 Å². The summed E-state index contributed by atoms with van der Waals surface area (Å²) in [7, 11) is 0. The van der Waals surface area contributed by atoms with Gasteiger partial charge in [0, 0.05) is 5.56 Å². The first-order chi connectivity index (χ1) is 18.5. The quantitative estimate of drug-likeness (QED) is 0.312. The van der Waals surface area contributed by atoms with Gasteiger partial charge >= 0.3 is 5.97 Å². The van der Waals surface area contributed by atoms with Gasteiger partial charge in [0.1, 0.15) is 30.1 Å². The molecule has 0 radical (unpaired) electrons. The highest BCUT2D eigenvalue weighted by molar-refractivity contribution is 6.05. The molecular weight excluding hydrogens is 490 g/mol. The minimum atomic E-state index is -2.04. The van der Waals surface area contributed by atoms with Crippen molar-refractivity contribution in [3.05, 3.63) is 95.9 Å². The summed E-state index contributed by atoms with van der Waals surface area (Å²) in [5, 5.41) is 38.3. The Morgan fingerprint density at radius 1 is 1.11 bits per heavy atom. The number of amides is 1. The number of aliphatic hydroxyl groups is 2. The van der Waals surface area contributed by atoms with Crippen molar-refractivity contribution in [2.45, 2.75) is 30.3 Å². The Morgan fingerprint density at radius 3 is 2.50 bits per heavy atom. The van der Waals surface area contributed by atoms with Crippen molar-refractivity contribution in [3.8, 4) is 6.07 Å². The molecule has 0 spiro atoms. The fourth-order valence-electron chi connectivity index (χ4n) is 4.49. The predicted octanol–water partition coefficient (Wildman–Crippen LogP) is 1.61. The average Bonchev–Trinajstić information content (AvgIpc) is 3.50. The Morgan fingerprint density at radius 2 is 1.82 bits per heavy atom. The molecule has 192 valence electrons. The molecule has 3 N–H and O–H groups in total. The number of esters is 1. The first kappa shape index (κ1) is 25.0. The van der Waals surface area contributed by atoms with E-state index in [0.29, 0.717) is 16.6 Å². The predicted molar refractivity (Wildman–Crippen MR) is 133 cm³/mol. The molecule has 2 aromatic carbocycles. The van der Waals surface area contributed by atoms with Gasteiger partial charge in [-0.15, -0.1) is 0 Å². The molecule has 0 aliphatic carbocycles. The smallest absolute Gasteiger partial charge is 0.310 e. The highest BCUT2D eigenvalue weighted by Crippen LogP contribution is 2.41. The molecule has 2 aromatic heterocycles. The summed E-state index contributed by atoms with van der Waals surface area (Å²) in [5.74, 6) is -0.874. The van der Waals surface area contributed by atoms with Crippen LogP contribution in [-0.4, -0.2) is 61.6 Å². The van der Waals surface area contributed by atoms with Crippen LogP contribution >= 0.6 is 0 Å². The van der Waals surface area contributed by atoms with E-state index in [0.717, 1.165) is 0 Å². The summed E-state index contributed by atoms with van der Waals surface area (Å²) in [6, 6.07) is 22.5. The van der Waals surface area contributed by atoms with Crippen molar-refractivity contribution >= 4 is 23.2 Å². The molecule has 0 unspecified atom stereocenters. The monoisotopic (exact) mass is 513 g/mol. The van der Waals surface area contributed by atoms with Crippen molar-refractivity contribution < 1.29 is 29.3 Å². The largest absolute Gasteiger partial charge is 0.456 e. The van der Waals surface area contributed by atoms with E-state index in [4.69, 9.17) is 9.47 Å². The topological polar surface area (TPSA) is 159 Å². The van der Waals surface area contributed by atoms with Gasteiger partial charge in [-0.25, -0.2) is 9.50 Å². The van der Waals surface area contributed by atoms with E-state index in [2.05, 4.69) is 15.4 Å². The standard InChI is InChI=1S/C27H23N5O6/c28-15-27(24(35)23(20(14-33)38-27)37-22(34)13-17-7-3-1-4-8-17)21-12-11-19-25(29-16-30-32(19)21)31-26(36)18-9-5-2-6-10-18/h1-12,16,20,23-24,33,35H,13-14H2,(H,29,30,31,36)/t20-,23-,24-,27+/m1/s1. The van der Waals surface area contributed by atoms with E-state index in [1.54, 1.807) is 60.7 Å². The van der Waals surface area contributed by atoms with Gasteiger partial charge < -0.3 is 25.0 Å². The average molecular weight is 514 g/mol. The third kappa shape index (κ3) is 4.48. The van der Waals surface area contributed by atoms with Crippen LogP contribution < -0.4 is 5.32 Å². The molecule has 4 aromatic rings. The number of rotatable bonds is 7. The number of carbonyl (C=O) groups excluding carboxylic acids is 2. The number of benzene rings is 2. The van der Waals surface area contributed by atoms with Crippen LogP contribution in [0, 0.1) is 11.3 Å². The Bertz CT molecular complexity index is 1500. The van der Waals surface area contributed by atoms with E-state index < -0.39 is 42.4 Å². The highest BCUT2D eigenvalue weighted by Gasteiger charge is 2.59. The molecule has 1 saturated heterocycles. The fraction of sp³-hybridized carbons (Fsp3) is 0.222. The molecule has 5 rings (SSSR count). The minimum Gasteiger partial charge on any atom is -0.456 e. The van der Waals surface area contributed by atoms with Crippen LogP contribution in [0.2, 0.25) is 0 Å². The summed E-state index contributed by atoms with van der Waals surface area (Å²) in [5.41, 5.74) is -0.461. The molecule has 0 saturated carbocycles. The Hall–Kier alpha value is -4.63. The molecular formula is C27H23N5O6. The summed E-state index contributed by atoms with van der Waals surface area (Å²) >= 11 is 0. The molecule has 4 atom stereocenters. The van der Waals surface area contributed by atoms with Gasteiger partial charge in [0.15, 0.2) is 11.9 Å². The number of aliphatic hydroxyl groups excluding tert-OH is 2. The van der Waals surface area contributed by atoms with E-state index in [-0.39, 0.29) is 17.9 Å².